The van der Waals surface area contributed by atoms with Crippen LogP contribution in [0.25, 0.3) is 11.0 Å². The lowest BCUT2D eigenvalue weighted by atomic mass is 10.1. The molecule has 3 aromatic rings. The van der Waals surface area contributed by atoms with E-state index in [1.165, 1.54) is 0 Å². The van der Waals surface area contributed by atoms with Crippen molar-refractivity contribution < 1.29 is 5.11 Å². The van der Waals surface area contributed by atoms with E-state index in [1.54, 1.807) is 0 Å². The van der Waals surface area contributed by atoms with Crippen molar-refractivity contribution in [2.45, 2.75) is 26.0 Å². The Bertz CT molecular complexity index is 790. The number of imidazole rings is 1. The van der Waals surface area contributed by atoms with Crippen molar-refractivity contribution in [1.82, 2.24) is 9.55 Å². The standard InChI is InChI=1S/C19H23N3O/c1-4-13-22-17-8-6-5-7-16(17)20-19(22)18(23)14-9-11-15(12-10-14)21(2)3/h5-12,18,23H,4,13H2,1-3H3/t18-/m1/s1. The molecule has 1 N–H and O–H groups in total. The van der Waals surface area contributed by atoms with Crippen molar-refractivity contribution in [2.75, 3.05) is 19.0 Å². The van der Waals surface area contributed by atoms with Gasteiger partial charge in [-0.3, -0.25) is 0 Å². The molecule has 0 bridgehead atoms. The summed E-state index contributed by atoms with van der Waals surface area (Å²) in [5.41, 5.74) is 3.99. The van der Waals surface area contributed by atoms with E-state index in [0.717, 1.165) is 35.2 Å². The third-order valence-corrected chi connectivity index (χ3v) is 4.10. The van der Waals surface area contributed by atoms with Gasteiger partial charge < -0.3 is 14.6 Å². The topological polar surface area (TPSA) is 41.3 Å². The van der Waals surface area contributed by atoms with Crippen molar-refractivity contribution in [3.63, 3.8) is 0 Å². The Balaban J connectivity index is 2.02. The van der Waals surface area contributed by atoms with Crippen LogP contribution in [0.4, 0.5) is 5.69 Å². The quantitative estimate of drug-likeness (QED) is 0.783. The number of aromatic nitrogens is 2. The molecule has 0 radical (unpaired) electrons. The van der Waals surface area contributed by atoms with E-state index in [1.807, 2.05) is 61.5 Å². The molecule has 0 aliphatic carbocycles. The minimum Gasteiger partial charge on any atom is -0.380 e. The zero-order valence-electron chi connectivity index (χ0n) is 13.9. The Labute approximate surface area is 137 Å². The van der Waals surface area contributed by atoms with Crippen molar-refractivity contribution in [1.29, 1.82) is 0 Å². The average Bonchev–Trinajstić information content (AvgIpc) is 2.93. The van der Waals surface area contributed by atoms with Crippen LogP contribution in [0.1, 0.15) is 30.8 Å². The summed E-state index contributed by atoms with van der Waals surface area (Å²) < 4.78 is 2.12. The van der Waals surface area contributed by atoms with Crippen molar-refractivity contribution >= 4 is 16.7 Å². The van der Waals surface area contributed by atoms with Crippen LogP contribution in [0.15, 0.2) is 48.5 Å². The Morgan fingerprint density at radius 2 is 1.78 bits per heavy atom. The molecule has 1 aromatic heterocycles. The maximum atomic E-state index is 10.8. The SMILES string of the molecule is CCCn1c([C@H](O)c2ccc(N(C)C)cc2)nc2ccccc21. The third-order valence-electron chi connectivity index (χ3n) is 4.10. The largest absolute Gasteiger partial charge is 0.380 e. The summed E-state index contributed by atoms with van der Waals surface area (Å²) in [6.45, 7) is 2.99. The van der Waals surface area contributed by atoms with Gasteiger partial charge in [-0.15, -0.1) is 0 Å². The molecule has 1 atom stereocenters. The number of anilines is 1. The molecule has 2 aromatic carbocycles. The number of para-hydroxylation sites is 2. The van der Waals surface area contributed by atoms with E-state index in [9.17, 15) is 5.11 Å². The van der Waals surface area contributed by atoms with Gasteiger partial charge in [-0.1, -0.05) is 31.2 Å². The number of aliphatic hydroxyl groups excluding tert-OH is 1. The molecule has 0 aliphatic rings. The molecule has 3 rings (SSSR count). The van der Waals surface area contributed by atoms with Crippen LogP contribution in [-0.4, -0.2) is 28.8 Å². The number of hydrogen-bond acceptors (Lipinski definition) is 3. The van der Waals surface area contributed by atoms with Crippen molar-refractivity contribution in [3.05, 3.63) is 59.9 Å². The zero-order valence-corrected chi connectivity index (χ0v) is 13.9. The molecule has 23 heavy (non-hydrogen) atoms. The van der Waals surface area contributed by atoms with Crippen LogP contribution in [0.2, 0.25) is 0 Å². The number of hydrogen-bond donors (Lipinski definition) is 1. The van der Waals surface area contributed by atoms with Gasteiger partial charge in [0.1, 0.15) is 11.9 Å². The summed E-state index contributed by atoms with van der Waals surface area (Å²) in [4.78, 5) is 6.71. The molecule has 0 aliphatic heterocycles. The smallest absolute Gasteiger partial charge is 0.143 e. The zero-order chi connectivity index (χ0) is 16.4. The van der Waals surface area contributed by atoms with Gasteiger partial charge in [0.15, 0.2) is 0 Å². The first-order valence-corrected chi connectivity index (χ1v) is 8.02. The van der Waals surface area contributed by atoms with Crippen LogP contribution in [0.5, 0.6) is 0 Å². The van der Waals surface area contributed by atoms with Gasteiger partial charge in [0, 0.05) is 26.3 Å². The van der Waals surface area contributed by atoms with Crippen LogP contribution < -0.4 is 4.90 Å². The molecular weight excluding hydrogens is 286 g/mol. The summed E-state index contributed by atoms with van der Waals surface area (Å²) >= 11 is 0. The second-order valence-electron chi connectivity index (χ2n) is 6.00. The maximum Gasteiger partial charge on any atom is 0.143 e. The Morgan fingerprint density at radius 1 is 1.09 bits per heavy atom. The van der Waals surface area contributed by atoms with Crippen LogP contribution in [-0.2, 0) is 6.54 Å². The molecule has 0 saturated carbocycles. The van der Waals surface area contributed by atoms with Gasteiger partial charge >= 0.3 is 0 Å². The van der Waals surface area contributed by atoms with Gasteiger partial charge in [-0.2, -0.15) is 0 Å². The van der Waals surface area contributed by atoms with E-state index >= 15 is 0 Å². The highest BCUT2D eigenvalue weighted by Gasteiger charge is 2.19. The van der Waals surface area contributed by atoms with Crippen LogP contribution >= 0.6 is 0 Å². The second kappa shape index (κ2) is 6.42. The summed E-state index contributed by atoms with van der Waals surface area (Å²) in [7, 11) is 4.01. The fourth-order valence-electron chi connectivity index (χ4n) is 2.87. The van der Waals surface area contributed by atoms with Crippen molar-refractivity contribution in [3.8, 4) is 0 Å². The molecule has 0 unspecified atom stereocenters. The normalized spacial score (nSPS) is 12.5. The van der Waals surface area contributed by atoms with E-state index in [4.69, 9.17) is 0 Å². The Kier molecular flexibility index (Phi) is 4.35. The van der Waals surface area contributed by atoms with Crippen molar-refractivity contribution in [2.24, 2.45) is 0 Å². The lowest BCUT2D eigenvalue weighted by Gasteiger charge is -2.16. The molecule has 120 valence electrons. The molecule has 0 saturated heterocycles. The second-order valence-corrected chi connectivity index (χ2v) is 6.00. The number of rotatable bonds is 5. The number of aryl methyl sites for hydroxylation is 1. The molecule has 0 amide bonds. The van der Waals surface area contributed by atoms with Gasteiger partial charge in [0.05, 0.1) is 11.0 Å². The highest BCUT2D eigenvalue weighted by molar-refractivity contribution is 5.76. The average molecular weight is 309 g/mol. The van der Waals surface area contributed by atoms with Gasteiger partial charge in [-0.25, -0.2) is 4.98 Å². The summed E-state index contributed by atoms with van der Waals surface area (Å²) in [6, 6.07) is 16.0. The van der Waals surface area contributed by atoms with Gasteiger partial charge in [-0.05, 0) is 36.2 Å². The molecule has 0 spiro atoms. The number of nitrogens with zero attached hydrogens (tertiary/aromatic N) is 3. The van der Waals surface area contributed by atoms with Crippen LogP contribution in [0.3, 0.4) is 0 Å². The maximum absolute atomic E-state index is 10.8. The minimum atomic E-state index is -0.717. The molecule has 4 nitrogen and oxygen atoms in total. The summed E-state index contributed by atoms with van der Waals surface area (Å²) in [6.07, 6.45) is 0.282. The molecule has 0 fully saturated rings. The highest BCUT2D eigenvalue weighted by Crippen LogP contribution is 2.27. The Morgan fingerprint density at radius 3 is 2.43 bits per heavy atom. The highest BCUT2D eigenvalue weighted by atomic mass is 16.3. The monoisotopic (exact) mass is 309 g/mol. The minimum absolute atomic E-state index is 0.714. The van der Waals surface area contributed by atoms with Gasteiger partial charge in [0.25, 0.3) is 0 Å². The van der Waals surface area contributed by atoms with E-state index in [2.05, 4.69) is 22.5 Å². The first kappa shape index (κ1) is 15.6. The molecule has 1 heterocycles. The fourth-order valence-corrected chi connectivity index (χ4v) is 2.87. The number of benzene rings is 2. The summed E-state index contributed by atoms with van der Waals surface area (Å²) in [5.74, 6) is 0.714. The van der Waals surface area contributed by atoms with E-state index in [0.29, 0.717) is 5.82 Å². The first-order valence-electron chi connectivity index (χ1n) is 8.02. The third kappa shape index (κ3) is 2.94. The molecular formula is C19H23N3O. The first-order chi connectivity index (χ1) is 11.1. The lowest BCUT2D eigenvalue weighted by Crippen LogP contribution is -2.11. The van der Waals surface area contributed by atoms with E-state index < -0.39 is 6.10 Å². The fraction of sp³-hybridized carbons (Fsp3) is 0.316. The van der Waals surface area contributed by atoms with Crippen LogP contribution in [0, 0.1) is 0 Å². The Hall–Kier alpha value is -2.33. The summed E-state index contributed by atoms with van der Waals surface area (Å²) in [5, 5.41) is 10.8. The predicted molar refractivity (Wildman–Crippen MR) is 94.9 cm³/mol. The van der Waals surface area contributed by atoms with E-state index in [-0.39, 0.29) is 0 Å². The molecule has 4 heteroatoms. The predicted octanol–water partition coefficient (Wildman–Crippen LogP) is 3.59. The van der Waals surface area contributed by atoms with Gasteiger partial charge in [0.2, 0.25) is 0 Å². The lowest BCUT2D eigenvalue weighted by molar-refractivity contribution is 0.205. The number of aliphatic hydroxyl groups is 1. The number of fused-ring (bicyclic) bond motifs is 1.